The van der Waals surface area contributed by atoms with Crippen LogP contribution in [0.1, 0.15) is 11.1 Å². The Morgan fingerprint density at radius 1 is 0.789 bits per heavy atom. The predicted molar refractivity (Wildman–Crippen MR) is 74.1 cm³/mol. The Balaban J connectivity index is 2.00. The van der Waals surface area contributed by atoms with Crippen LogP contribution >= 0.6 is 0 Å². The summed E-state index contributed by atoms with van der Waals surface area (Å²) in [7, 11) is 0. The maximum absolute atomic E-state index is 10.5. The van der Waals surface area contributed by atoms with E-state index in [1.54, 1.807) is 0 Å². The number of carbonyl (C=O) groups is 2. The Bertz CT molecular complexity index is 608. The standard InChI is InChI=1S/C15H12N2O2/c18-8-16-12-1-3-14-10(6-12)5-11-7-13(17-9-19)2-4-15(11)14/h1-4,6-9H,5H2,(H,16,18)(H,17,19). The fourth-order valence-electron chi connectivity index (χ4n) is 2.53. The highest BCUT2D eigenvalue weighted by atomic mass is 16.1. The third-order valence-electron chi connectivity index (χ3n) is 3.33. The lowest BCUT2D eigenvalue weighted by atomic mass is 10.1. The molecule has 0 unspecified atom stereocenters. The quantitative estimate of drug-likeness (QED) is 0.700. The fraction of sp³-hybridized carbons (Fsp3) is 0.0667. The van der Waals surface area contributed by atoms with Crippen LogP contribution in [0, 0.1) is 0 Å². The predicted octanol–water partition coefficient (Wildman–Crippen LogP) is 2.39. The Kier molecular flexibility index (Phi) is 2.76. The number of carbonyl (C=O) groups excluding carboxylic acids is 2. The summed E-state index contributed by atoms with van der Waals surface area (Å²) in [5.74, 6) is 0. The van der Waals surface area contributed by atoms with Gasteiger partial charge >= 0.3 is 0 Å². The molecule has 19 heavy (non-hydrogen) atoms. The normalized spacial score (nSPS) is 11.4. The van der Waals surface area contributed by atoms with Gasteiger partial charge in [0.05, 0.1) is 0 Å². The molecule has 2 N–H and O–H groups in total. The highest BCUT2D eigenvalue weighted by Crippen LogP contribution is 2.38. The zero-order chi connectivity index (χ0) is 13.2. The van der Waals surface area contributed by atoms with Crippen LogP contribution in [0.5, 0.6) is 0 Å². The Hall–Kier alpha value is -2.62. The first-order chi connectivity index (χ1) is 9.31. The number of fused-ring (bicyclic) bond motifs is 3. The van der Waals surface area contributed by atoms with Gasteiger partial charge in [-0.3, -0.25) is 9.59 Å². The van der Waals surface area contributed by atoms with E-state index in [2.05, 4.69) is 10.6 Å². The molecule has 0 bridgehead atoms. The van der Waals surface area contributed by atoms with Crippen molar-refractivity contribution in [3.63, 3.8) is 0 Å². The summed E-state index contributed by atoms with van der Waals surface area (Å²) in [6.07, 6.45) is 2.17. The van der Waals surface area contributed by atoms with Crippen LogP contribution in [0.4, 0.5) is 11.4 Å². The molecule has 4 nitrogen and oxygen atoms in total. The number of anilines is 2. The molecule has 4 heteroatoms. The minimum atomic E-state index is 0.677. The van der Waals surface area contributed by atoms with Gasteiger partial charge in [-0.1, -0.05) is 12.1 Å². The SMILES string of the molecule is O=CNc1ccc2c(c1)Cc1cc(NC=O)ccc1-2. The summed E-state index contributed by atoms with van der Waals surface area (Å²) in [4.78, 5) is 20.9. The van der Waals surface area contributed by atoms with E-state index >= 15 is 0 Å². The maximum atomic E-state index is 10.5. The third-order valence-corrected chi connectivity index (χ3v) is 3.33. The molecule has 1 aliphatic rings. The first-order valence-electron chi connectivity index (χ1n) is 5.98. The molecular weight excluding hydrogens is 240 g/mol. The first-order valence-corrected chi connectivity index (χ1v) is 5.98. The molecule has 1 aliphatic carbocycles. The molecule has 2 aromatic carbocycles. The Labute approximate surface area is 110 Å². The van der Waals surface area contributed by atoms with Crippen LogP contribution in [-0.4, -0.2) is 12.8 Å². The number of benzene rings is 2. The van der Waals surface area contributed by atoms with Gasteiger partial charge in [0.1, 0.15) is 0 Å². The molecule has 3 rings (SSSR count). The lowest BCUT2D eigenvalue weighted by Crippen LogP contribution is -1.94. The molecular formula is C15H12N2O2. The van der Waals surface area contributed by atoms with Gasteiger partial charge in [0.2, 0.25) is 12.8 Å². The van der Waals surface area contributed by atoms with Crippen molar-refractivity contribution < 1.29 is 9.59 Å². The van der Waals surface area contributed by atoms with Crippen LogP contribution in [-0.2, 0) is 16.0 Å². The molecule has 0 saturated carbocycles. The highest BCUT2D eigenvalue weighted by molar-refractivity contribution is 5.83. The minimum Gasteiger partial charge on any atom is -0.329 e. The van der Waals surface area contributed by atoms with Gasteiger partial charge in [-0.25, -0.2) is 0 Å². The monoisotopic (exact) mass is 252 g/mol. The molecule has 0 aliphatic heterocycles. The fourth-order valence-corrected chi connectivity index (χ4v) is 2.53. The molecule has 94 valence electrons. The molecule has 2 amide bonds. The Morgan fingerprint density at radius 3 is 1.68 bits per heavy atom. The minimum absolute atomic E-state index is 0.677. The summed E-state index contributed by atoms with van der Waals surface area (Å²) >= 11 is 0. The van der Waals surface area contributed by atoms with Crippen LogP contribution < -0.4 is 10.6 Å². The van der Waals surface area contributed by atoms with Crippen LogP contribution in [0.2, 0.25) is 0 Å². The van der Waals surface area contributed by atoms with E-state index in [9.17, 15) is 9.59 Å². The van der Waals surface area contributed by atoms with E-state index in [1.165, 1.54) is 22.3 Å². The topological polar surface area (TPSA) is 58.2 Å². The average Bonchev–Trinajstić information content (AvgIpc) is 2.76. The molecule has 0 radical (unpaired) electrons. The number of hydrogen-bond donors (Lipinski definition) is 2. The largest absolute Gasteiger partial charge is 0.329 e. The summed E-state index contributed by atoms with van der Waals surface area (Å²) in [6, 6.07) is 11.8. The smallest absolute Gasteiger partial charge is 0.211 e. The van der Waals surface area contributed by atoms with Crippen LogP contribution in [0.25, 0.3) is 11.1 Å². The molecule has 0 spiro atoms. The Morgan fingerprint density at radius 2 is 1.26 bits per heavy atom. The highest BCUT2D eigenvalue weighted by Gasteiger charge is 2.18. The molecule has 2 aromatic rings. The third kappa shape index (κ3) is 1.97. The van der Waals surface area contributed by atoms with Gasteiger partial charge in [-0.05, 0) is 52.9 Å². The van der Waals surface area contributed by atoms with Crippen molar-refractivity contribution in [2.75, 3.05) is 10.6 Å². The van der Waals surface area contributed by atoms with E-state index in [1.807, 2.05) is 36.4 Å². The van der Waals surface area contributed by atoms with Gasteiger partial charge < -0.3 is 10.6 Å². The van der Waals surface area contributed by atoms with Gasteiger partial charge in [0, 0.05) is 11.4 Å². The number of hydrogen-bond acceptors (Lipinski definition) is 2. The lowest BCUT2D eigenvalue weighted by Gasteiger charge is -2.04. The summed E-state index contributed by atoms with van der Waals surface area (Å²) in [6.45, 7) is 0. The van der Waals surface area contributed by atoms with Crippen LogP contribution in [0.15, 0.2) is 36.4 Å². The van der Waals surface area contributed by atoms with Crippen molar-refractivity contribution in [3.05, 3.63) is 47.5 Å². The van der Waals surface area contributed by atoms with Gasteiger partial charge in [-0.2, -0.15) is 0 Å². The molecule has 0 heterocycles. The van der Waals surface area contributed by atoms with Crippen molar-refractivity contribution in [1.29, 1.82) is 0 Å². The summed E-state index contributed by atoms with van der Waals surface area (Å²) in [5.41, 5.74) is 6.34. The van der Waals surface area contributed by atoms with E-state index in [0.717, 1.165) is 17.8 Å². The lowest BCUT2D eigenvalue weighted by molar-refractivity contribution is -0.106. The van der Waals surface area contributed by atoms with E-state index in [4.69, 9.17) is 0 Å². The number of rotatable bonds is 4. The molecule has 0 atom stereocenters. The van der Waals surface area contributed by atoms with Gasteiger partial charge in [0.15, 0.2) is 0 Å². The molecule has 0 fully saturated rings. The zero-order valence-electron chi connectivity index (χ0n) is 10.1. The van der Waals surface area contributed by atoms with Gasteiger partial charge in [-0.15, -0.1) is 0 Å². The van der Waals surface area contributed by atoms with Crippen molar-refractivity contribution in [2.24, 2.45) is 0 Å². The zero-order valence-corrected chi connectivity index (χ0v) is 10.1. The summed E-state index contributed by atoms with van der Waals surface area (Å²) in [5, 5.41) is 5.31. The molecule has 0 aromatic heterocycles. The van der Waals surface area contributed by atoms with Crippen molar-refractivity contribution in [3.8, 4) is 11.1 Å². The summed E-state index contributed by atoms with van der Waals surface area (Å²) < 4.78 is 0. The number of amides is 2. The van der Waals surface area contributed by atoms with E-state index in [0.29, 0.717) is 12.8 Å². The van der Waals surface area contributed by atoms with Crippen LogP contribution in [0.3, 0.4) is 0 Å². The maximum Gasteiger partial charge on any atom is 0.211 e. The second-order valence-corrected chi connectivity index (χ2v) is 4.45. The average molecular weight is 252 g/mol. The first kappa shape index (κ1) is 11.5. The second kappa shape index (κ2) is 4.57. The van der Waals surface area contributed by atoms with Crippen molar-refractivity contribution >= 4 is 24.2 Å². The molecule has 0 saturated heterocycles. The van der Waals surface area contributed by atoms with Crippen molar-refractivity contribution in [2.45, 2.75) is 6.42 Å². The number of nitrogens with one attached hydrogen (secondary N) is 2. The van der Waals surface area contributed by atoms with E-state index in [-0.39, 0.29) is 0 Å². The van der Waals surface area contributed by atoms with Crippen molar-refractivity contribution in [1.82, 2.24) is 0 Å². The second-order valence-electron chi connectivity index (χ2n) is 4.45. The van der Waals surface area contributed by atoms with E-state index < -0.39 is 0 Å². The van der Waals surface area contributed by atoms with Gasteiger partial charge in [0.25, 0.3) is 0 Å².